The molecule has 8 nitrogen and oxygen atoms in total. The summed E-state index contributed by atoms with van der Waals surface area (Å²) in [6.07, 6.45) is 9.19. The zero-order valence-corrected chi connectivity index (χ0v) is 17.4. The van der Waals surface area contributed by atoms with Crippen LogP contribution in [0, 0.1) is 5.92 Å². The van der Waals surface area contributed by atoms with Crippen molar-refractivity contribution in [1.82, 2.24) is 19.9 Å². The van der Waals surface area contributed by atoms with Gasteiger partial charge in [0.25, 0.3) is 11.7 Å². The van der Waals surface area contributed by atoms with E-state index in [9.17, 15) is 14.7 Å². The number of likely N-dealkylation sites (N-methyl/N-ethyl adjacent to an activating group) is 2. The van der Waals surface area contributed by atoms with Gasteiger partial charge in [-0.3, -0.25) is 9.59 Å². The summed E-state index contributed by atoms with van der Waals surface area (Å²) in [5.74, 6) is -0.536. The van der Waals surface area contributed by atoms with Gasteiger partial charge in [-0.2, -0.15) is 4.98 Å². The molecular weight excluding hydrogens is 360 g/mol. The van der Waals surface area contributed by atoms with E-state index < -0.39 is 5.97 Å². The molecule has 8 heteroatoms. The molecule has 0 bridgehead atoms. The zero-order chi connectivity index (χ0) is 20.5. The number of hydrogen-bond acceptors (Lipinski definition) is 6. The number of carbonyl (C=O) groups is 2. The third kappa shape index (κ3) is 7.22. The fourth-order valence-electron chi connectivity index (χ4n) is 3.76. The highest BCUT2D eigenvalue weighted by Crippen LogP contribution is 2.31. The summed E-state index contributed by atoms with van der Waals surface area (Å²) in [4.78, 5) is 31.5. The van der Waals surface area contributed by atoms with Crippen molar-refractivity contribution in [3.05, 3.63) is 11.7 Å². The Hall–Kier alpha value is -1.96. The molecule has 1 aromatic rings. The molecule has 1 amide bonds. The first-order valence-electron chi connectivity index (χ1n) is 10.3. The molecule has 158 valence electrons. The lowest BCUT2D eigenvalue weighted by atomic mass is 9.84. The van der Waals surface area contributed by atoms with Gasteiger partial charge in [-0.05, 0) is 26.4 Å². The van der Waals surface area contributed by atoms with Crippen LogP contribution in [-0.4, -0.2) is 71.2 Å². The van der Waals surface area contributed by atoms with E-state index in [0.717, 1.165) is 25.3 Å². The molecule has 0 radical (unpaired) electrons. The van der Waals surface area contributed by atoms with E-state index in [2.05, 4.69) is 10.1 Å². The highest BCUT2D eigenvalue weighted by atomic mass is 16.5. The predicted octanol–water partition coefficient (Wildman–Crippen LogP) is 3.01. The quantitative estimate of drug-likeness (QED) is 0.616. The number of carboxylic acid groups (broad SMARTS) is 1. The molecule has 0 aromatic carbocycles. The maximum atomic E-state index is 12.4. The predicted molar refractivity (Wildman–Crippen MR) is 105 cm³/mol. The summed E-state index contributed by atoms with van der Waals surface area (Å²) >= 11 is 0. The Labute approximate surface area is 167 Å². The number of amides is 1. The van der Waals surface area contributed by atoms with Gasteiger partial charge < -0.3 is 19.4 Å². The van der Waals surface area contributed by atoms with E-state index in [1.165, 1.54) is 32.1 Å². The minimum Gasteiger partial charge on any atom is -0.481 e. The Kier molecular flexibility index (Phi) is 8.89. The Morgan fingerprint density at radius 2 is 1.89 bits per heavy atom. The average molecular weight is 395 g/mol. The summed E-state index contributed by atoms with van der Waals surface area (Å²) in [5, 5.41) is 13.1. The zero-order valence-electron chi connectivity index (χ0n) is 17.4. The van der Waals surface area contributed by atoms with E-state index in [1.54, 1.807) is 11.9 Å². The van der Waals surface area contributed by atoms with Crippen molar-refractivity contribution >= 4 is 11.9 Å². The monoisotopic (exact) mass is 394 g/mol. The van der Waals surface area contributed by atoms with Crippen LogP contribution in [0.4, 0.5) is 0 Å². The fraction of sp³-hybridized carbons (Fsp3) is 0.800. The first-order chi connectivity index (χ1) is 13.4. The largest absolute Gasteiger partial charge is 0.481 e. The number of carbonyl (C=O) groups excluding carboxylic acids is 1. The fourth-order valence-corrected chi connectivity index (χ4v) is 3.76. The molecule has 1 aromatic heterocycles. The highest BCUT2D eigenvalue weighted by molar-refractivity contribution is 5.90. The second kappa shape index (κ2) is 11.1. The average Bonchev–Trinajstić information content (AvgIpc) is 3.15. The van der Waals surface area contributed by atoms with Crippen molar-refractivity contribution in [2.24, 2.45) is 5.92 Å². The second-order valence-electron chi connectivity index (χ2n) is 8.22. The van der Waals surface area contributed by atoms with Crippen LogP contribution in [0.3, 0.4) is 0 Å². The molecule has 28 heavy (non-hydrogen) atoms. The molecule has 1 N–H and O–H groups in total. The standard InChI is InChI=1S/C20H34N4O4/c1-23(2)12-13-24(3)20(27)18-21-19(28-22-18)16(14-17(25)26)11-7-10-15-8-5-4-6-9-15/h15-16H,4-14H2,1-3H3,(H,25,26). The molecule has 1 saturated carbocycles. The SMILES string of the molecule is CN(C)CCN(C)C(=O)c1noc(C(CCCC2CCCCC2)CC(=O)O)n1. The maximum absolute atomic E-state index is 12.4. The number of aromatic nitrogens is 2. The van der Waals surface area contributed by atoms with Crippen LogP contribution in [0.25, 0.3) is 0 Å². The van der Waals surface area contributed by atoms with Gasteiger partial charge in [0.1, 0.15) is 0 Å². The van der Waals surface area contributed by atoms with Crippen LogP contribution in [0.15, 0.2) is 4.52 Å². The van der Waals surface area contributed by atoms with E-state index in [0.29, 0.717) is 13.0 Å². The molecule has 2 rings (SSSR count). The topological polar surface area (TPSA) is 99.8 Å². The van der Waals surface area contributed by atoms with Crippen molar-refractivity contribution < 1.29 is 19.2 Å². The summed E-state index contributed by atoms with van der Waals surface area (Å²) in [6.45, 7) is 1.28. The van der Waals surface area contributed by atoms with Crippen molar-refractivity contribution in [3.8, 4) is 0 Å². The van der Waals surface area contributed by atoms with Gasteiger partial charge >= 0.3 is 5.97 Å². The van der Waals surface area contributed by atoms with Gasteiger partial charge in [0.05, 0.1) is 6.42 Å². The lowest BCUT2D eigenvalue weighted by Gasteiger charge is -2.21. The third-order valence-electron chi connectivity index (χ3n) is 5.52. The van der Waals surface area contributed by atoms with Gasteiger partial charge in [-0.25, -0.2) is 0 Å². The molecule has 0 aliphatic heterocycles. The van der Waals surface area contributed by atoms with Crippen LogP contribution in [-0.2, 0) is 4.79 Å². The molecule has 1 heterocycles. The van der Waals surface area contributed by atoms with Crippen molar-refractivity contribution in [2.45, 2.75) is 63.7 Å². The van der Waals surface area contributed by atoms with Crippen molar-refractivity contribution in [2.75, 3.05) is 34.2 Å². The molecule has 1 unspecified atom stereocenters. The second-order valence-corrected chi connectivity index (χ2v) is 8.22. The van der Waals surface area contributed by atoms with Gasteiger partial charge in [0.15, 0.2) is 0 Å². The maximum Gasteiger partial charge on any atom is 0.304 e. The van der Waals surface area contributed by atoms with Crippen LogP contribution in [0.5, 0.6) is 0 Å². The van der Waals surface area contributed by atoms with Gasteiger partial charge in [0, 0.05) is 26.1 Å². The van der Waals surface area contributed by atoms with Crippen molar-refractivity contribution in [3.63, 3.8) is 0 Å². The van der Waals surface area contributed by atoms with Crippen molar-refractivity contribution in [1.29, 1.82) is 0 Å². The molecule has 0 spiro atoms. The summed E-state index contributed by atoms with van der Waals surface area (Å²) in [6, 6.07) is 0. The number of rotatable bonds is 11. The number of aliphatic carboxylic acids is 1. The molecule has 1 aliphatic carbocycles. The normalized spacial score (nSPS) is 16.3. The third-order valence-corrected chi connectivity index (χ3v) is 5.52. The summed E-state index contributed by atoms with van der Waals surface area (Å²) < 4.78 is 5.28. The van der Waals surface area contributed by atoms with E-state index in [-0.39, 0.29) is 30.0 Å². The van der Waals surface area contributed by atoms with Gasteiger partial charge in [-0.1, -0.05) is 50.1 Å². The molecular formula is C20H34N4O4. The molecule has 1 atom stereocenters. The smallest absolute Gasteiger partial charge is 0.304 e. The Morgan fingerprint density at radius 3 is 2.54 bits per heavy atom. The van der Waals surface area contributed by atoms with E-state index >= 15 is 0 Å². The summed E-state index contributed by atoms with van der Waals surface area (Å²) in [7, 11) is 5.57. The van der Waals surface area contributed by atoms with Crippen LogP contribution >= 0.6 is 0 Å². The Morgan fingerprint density at radius 1 is 1.18 bits per heavy atom. The minimum absolute atomic E-state index is 0.000995. The minimum atomic E-state index is -0.892. The number of hydrogen-bond donors (Lipinski definition) is 1. The van der Waals surface area contributed by atoms with E-state index in [4.69, 9.17) is 4.52 Å². The van der Waals surface area contributed by atoms with Crippen LogP contribution in [0.1, 0.15) is 80.2 Å². The first kappa shape index (κ1) is 22.3. The molecule has 1 aliphatic rings. The lowest BCUT2D eigenvalue weighted by Crippen LogP contribution is -2.34. The highest BCUT2D eigenvalue weighted by Gasteiger charge is 2.26. The Bertz CT molecular complexity index is 625. The number of nitrogens with zero attached hydrogens (tertiary/aromatic N) is 4. The van der Waals surface area contributed by atoms with E-state index in [1.807, 2.05) is 19.0 Å². The Balaban J connectivity index is 1.93. The van der Waals surface area contributed by atoms with Gasteiger partial charge in [0.2, 0.25) is 5.89 Å². The first-order valence-corrected chi connectivity index (χ1v) is 10.3. The molecule has 1 fully saturated rings. The lowest BCUT2D eigenvalue weighted by molar-refractivity contribution is -0.137. The van der Waals surface area contributed by atoms with Gasteiger partial charge in [-0.15, -0.1) is 0 Å². The number of carboxylic acids is 1. The van der Waals surface area contributed by atoms with Crippen LogP contribution in [0.2, 0.25) is 0 Å². The van der Waals surface area contributed by atoms with Crippen LogP contribution < -0.4 is 0 Å². The molecule has 0 saturated heterocycles. The summed E-state index contributed by atoms with van der Waals surface area (Å²) in [5.41, 5.74) is 0.